The van der Waals surface area contributed by atoms with Crippen molar-refractivity contribution in [1.29, 1.82) is 0 Å². The minimum Gasteiger partial charge on any atom is -0.481 e. The van der Waals surface area contributed by atoms with Crippen molar-refractivity contribution in [2.75, 3.05) is 0 Å². The Labute approximate surface area is 115 Å². The third kappa shape index (κ3) is 2.79. The largest absolute Gasteiger partial charge is 0.481 e. The third-order valence-corrected chi connectivity index (χ3v) is 3.05. The Morgan fingerprint density at radius 2 is 2.16 bits per heavy atom. The van der Waals surface area contributed by atoms with Gasteiger partial charge in [0.1, 0.15) is 5.69 Å². The van der Waals surface area contributed by atoms with Crippen molar-refractivity contribution in [1.82, 2.24) is 9.78 Å². The number of para-hydroxylation sites is 2. The van der Waals surface area contributed by atoms with Gasteiger partial charge in [-0.1, -0.05) is 12.1 Å². The SMILES string of the molecule is O=C(O)Cc1nn(-c2ccccc2[N+](=O)[O-])cc1Br. The molecule has 1 aromatic heterocycles. The molecule has 2 aromatic rings. The van der Waals surface area contributed by atoms with Gasteiger partial charge in [-0.25, -0.2) is 4.68 Å². The van der Waals surface area contributed by atoms with Crippen LogP contribution >= 0.6 is 15.9 Å². The Morgan fingerprint density at radius 1 is 1.47 bits per heavy atom. The molecule has 2 rings (SSSR count). The van der Waals surface area contributed by atoms with Crippen LogP contribution in [0.25, 0.3) is 5.69 Å². The minimum absolute atomic E-state index is 0.0978. The van der Waals surface area contributed by atoms with Crippen molar-refractivity contribution < 1.29 is 14.8 Å². The second-order valence-corrected chi connectivity index (χ2v) is 4.54. The number of hydrogen-bond donors (Lipinski definition) is 1. The molecule has 1 N–H and O–H groups in total. The Morgan fingerprint density at radius 3 is 2.79 bits per heavy atom. The number of carboxylic acids is 1. The molecule has 0 saturated carbocycles. The maximum Gasteiger partial charge on any atom is 0.309 e. The molecule has 0 aliphatic rings. The second-order valence-electron chi connectivity index (χ2n) is 3.68. The first-order chi connectivity index (χ1) is 8.99. The lowest BCUT2D eigenvalue weighted by atomic mass is 10.3. The van der Waals surface area contributed by atoms with E-state index in [9.17, 15) is 14.9 Å². The van der Waals surface area contributed by atoms with Crippen LogP contribution in [0.2, 0.25) is 0 Å². The molecule has 0 aliphatic heterocycles. The van der Waals surface area contributed by atoms with Gasteiger partial charge in [0.15, 0.2) is 0 Å². The number of nitro groups is 1. The Kier molecular flexibility index (Phi) is 3.61. The first-order valence-electron chi connectivity index (χ1n) is 5.18. The van der Waals surface area contributed by atoms with Gasteiger partial charge in [0.25, 0.3) is 5.69 Å². The predicted molar refractivity (Wildman–Crippen MR) is 69.3 cm³/mol. The Balaban J connectivity index is 2.48. The summed E-state index contributed by atoms with van der Waals surface area (Å²) in [4.78, 5) is 21.1. The maximum absolute atomic E-state index is 10.9. The zero-order chi connectivity index (χ0) is 14.0. The summed E-state index contributed by atoms with van der Waals surface area (Å²) in [5.41, 5.74) is 0.495. The fourth-order valence-electron chi connectivity index (χ4n) is 1.59. The normalized spacial score (nSPS) is 10.4. The lowest BCUT2D eigenvalue weighted by Crippen LogP contribution is -2.04. The number of hydrogen-bond acceptors (Lipinski definition) is 4. The summed E-state index contributed by atoms with van der Waals surface area (Å²) in [5.74, 6) is -1.02. The number of benzene rings is 1. The lowest BCUT2D eigenvalue weighted by molar-refractivity contribution is -0.384. The fraction of sp³-hybridized carbons (Fsp3) is 0.0909. The van der Waals surface area contributed by atoms with E-state index >= 15 is 0 Å². The first-order valence-corrected chi connectivity index (χ1v) is 5.98. The van der Waals surface area contributed by atoms with E-state index in [2.05, 4.69) is 21.0 Å². The number of carbonyl (C=O) groups is 1. The maximum atomic E-state index is 10.9. The summed E-state index contributed by atoms with van der Waals surface area (Å²) in [6.45, 7) is 0. The van der Waals surface area contributed by atoms with Gasteiger partial charge in [-0.15, -0.1) is 0 Å². The van der Waals surface area contributed by atoms with E-state index < -0.39 is 10.9 Å². The summed E-state index contributed by atoms with van der Waals surface area (Å²) in [5, 5.41) is 23.7. The Hall–Kier alpha value is -2.22. The number of nitro benzene ring substituents is 1. The average molecular weight is 326 g/mol. The summed E-state index contributed by atoms with van der Waals surface area (Å²) in [6, 6.07) is 6.11. The molecule has 1 heterocycles. The van der Waals surface area contributed by atoms with Crippen molar-refractivity contribution in [3.05, 3.63) is 50.7 Å². The number of aliphatic carboxylic acids is 1. The highest BCUT2D eigenvalue weighted by atomic mass is 79.9. The van der Waals surface area contributed by atoms with Gasteiger partial charge < -0.3 is 5.11 Å². The van der Waals surface area contributed by atoms with Crippen LogP contribution in [0.15, 0.2) is 34.9 Å². The average Bonchev–Trinajstić information content (AvgIpc) is 2.70. The quantitative estimate of drug-likeness (QED) is 0.686. The van der Waals surface area contributed by atoms with Gasteiger partial charge >= 0.3 is 5.97 Å². The zero-order valence-electron chi connectivity index (χ0n) is 9.49. The number of nitrogens with zero attached hydrogens (tertiary/aromatic N) is 3. The van der Waals surface area contributed by atoms with Gasteiger partial charge in [0.05, 0.1) is 21.5 Å². The molecule has 0 unspecified atom stereocenters. The molecule has 0 spiro atoms. The number of rotatable bonds is 4. The summed E-state index contributed by atoms with van der Waals surface area (Å²) in [7, 11) is 0. The standard InChI is InChI=1S/C11H8BrN3O4/c12-7-6-14(13-8(7)5-11(16)17)9-3-1-2-4-10(9)15(18)19/h1-4,6H,5H2,(H,16,17). The molecular weight excluding hydrogens is 318 g/mol. The van der Waals surface area contributed by atoms with E-state index in [0.717, 1.165) is 0 Å². The van der Waals surface area contributed by atoms with Crippen molar-refractivity contribution in [3.63, 3.8) is 0 Å². The summed E-state index contributed by atoms with van der Waals surface area (Å²) < 4.78 is 1.79. The zero-order valence-corrected chi connectivity index (χ0v) is 11.1. The molecule has 0 aliphatic carbocycles. The van der Waals surface area contributed by atoms with E-state index in [4.69, 9.17) is 5.11 Å². The number of aromatic nitrogens is 2. The highest BCUT2D eigenvalue weighted by molar-refractivity contribution is 9.10. The topological polar surface area (TPSA) is 98.3 Å². The molecule has 0 saturated heterocycles. The van der Waals surface area contributed by atoms with Crippen LogP contribution in [0, 0.1) is 10.1 Å². The van der Waals surface area contributed by atoms with Crippen LogP contribution in [-0.4, -0.2) is 25.8 Å². The van der Waals surface area contributed by atoms with E-state index in [1.54, 1.807) is 18.2 Å². The minimum atomic E-state index is -1.02. The van der Waals surface area contributed by atoms with Gasteiger partial charge in [-0.3, -0.25) is 14.9 Å². The lowest BCUT2D eigenvalue weighted by Gasteiger charge is -2.01. The fourth-order valence-corrected chi connectivity index (χ4v) is 2.00. The van der Waals surface area contributed by atoms with Gasteiger partial charge in [0.2, 0.25) is 0 Å². The highest BCUT2D eigenvalue weighted by Gasteiger charge is 2.17. The van der Waals surface area contributed by atoms with Crippen molar-refractivity contribution in [3.8, 4) is 5.69 Å². The molecule has 98 valence electrons. The van der Waals surface area contributed by atoms with Gasteiger partial charge in [-0.2, -0.15) is 5.10 Å². The first kappa shape index (κ1) is 13.2. The van der Waals surface area contributed by atoms with Crippen molar-refractivity contribution in [2.24, 2.45) is 0 Å². The van der Waals surface area contributed by atoms with Crippen LogP contribution < -0.4 is 0 Å². The van der Waals surface area contributed by atoms with Crippen LogP contribution in [0.1, 0.15) is 5.69 Å². The van der Waals surface area contributed by atoms with E-state index in [1.807, 2.05) is 0 Å². The molecule has 0 fully saturated rings. The van der Waals surface area contributed by atoms with E-state index in [0.29, 0.717) is 10.2 Å². The van der Waals surface area contributed by atoms with Gasteiger partial charge in [-0.05, 0) is 22.0 Å². The van der Waals surface area contributed by atoms with Crippen LogP contribution in [-0.2, 0) is 11.2 Å². The van der Waals surface area contributed by atoms with E-state index in [-0.39, 0.29) is 17.8 Å². The second kappa shape index (κ2) is 5.19. The predicted octanol–water partition coefficient (Wildman–Crippen LogP) is 2.17. The number of halogens is 1. The summed E-state index contributed by atoms with van der Waals surface area (Å²) in [6.07, 6.45) is 1.24. The smallest absolute Gasteiger partial charge is 0.309 e. The van der Waals surface area contributed by atoms with E-state index in [1.165, 1.54) is 16.9 Å². The van der Waals surface area contributed by atoms with Crippen molar-refractivity contribution >= 4 is 27.6 Å². The van der Waals surface area contributed by atoms with Crippen LogP contribution in [0.3, 0.4) is 0 Å². The molecule has 7 nitrogen and oxygen atoms in total. The third-order valence-electron chi connectivity index (χ3n) is 2.38. The van der Waals surface area contributed by atoms with Gasteiger partial charge in [0, 0.05) is 12.3 Å². The van der Waals surface area contributed by atoms with Crippen molar-refractivity contribution in [2.45, 2.75) is 6.42 Å². The summed E-state index contributed by atoms with van der Waals surface area (Å²) >= 11 is 3.19. The molecule has 0 radical (unpaired) electrons. The highest BCUT2D eigenvalue weighted by Crippen LogP contribution is 2.24. The van der Waals surface area contributed by atoms with Crippen LogP contribution in [0.5, 0.6) is 0 Å². The molecular formula is C11H8BrN3O4. The Bertz CT molecular complexity index is 653. The molecule has 19 heavy (non-hydrogen) atoms. The number of carboxylic acid groups (broad SMARTS) is 1. The molecule has 0 bridgehead atoms. The molecule has 1 aromatic carbocycles. The molecule has 8 heteroatoms. The molecule has 0 atom stereocenters. The van der Waals surface area contributed by atoms with Crippen LogP contribution in [0.4, 0.5) is 5.69 Å². The molecule has 0 amide bonds. The monoisotopic (exact) mass is 325 g/mol.